The summed E-state index contributed by atoms with van der Waals surface area (Å²) in [6, 6.07) is 4.28. The average molecular weight is 341 g/mol. The molecule has 23 heavy (non-hydrogen) atoms. The number of nitro benzene ring substituents is 1. The highest BCUT2D eigenvalue weighted by Crippen LogP contribution is 2.24. The van der Waals surface area contributed by atoms with E-state index in [2.05, 4.69) is 9.62 Å². The summed E-state index contributed by atoms with van der Waals surface area (Å²) in [6.45, 7) is 5.81. The van der Waals surface area contributed by atoms with Gasteiger partial charge < -0.3 is 0 Å². The highest BCUT2D eigenvalue weighted by Gasteiger charge is 2.26. The number of hydrogen-bond acceptors (Lipinski definition) is 5. The van der Waals surface area contributed by atoms with Crippen LogP contribution in [0, 0.1) is 17.0 Å². The maximum Gasteiger partial charge on any atom is 0.273 e. The minimum Gasteiger partial charge on any atom is -0.299 e. The van der Waals surface area contributed by atoms with Crippen molar-refractivity contribution < 1.29 is 13.3 Å². The molecule has 7 nitrogen and oxygen atoms in total. The van der Waals surface area contributed by atoms with Crippen molar-refractivity contribution in [2.75, 3.05) is 19.6 Å². The second-order valence-electron chi connectivity index (χ2n) is 5.81. The Morgan fingerprint density at radius 3 is 2.57 bits per heavy atom. The van der Waals surface area contributed by atoms with Crippen molar-refractivity contribution in [1.29, 1.82) is 0 Å². The van der Waals surface area contributed by atoms with Crippen molar-refractivity contribution in [1.82, 2.24) is 9.62 Å². The summed E-state index contributed by atoms with van der Waals surface area (Å²) in [5, 5.41) is 11.0. The van der Waals surface area contributed by atoms with Crippen LogP contribution in [-0.4, -0.2) is 43.9 Å². The number of nitrogens with zero attached hydrogens (tertiary/aromatic N) is 2. The number of nitrogens with one attached hydrogen (secondary N) is 1. The topological polar surface area (TPSA) is 92.5 Å². The predicted molar refractivity (Wildman–Crippen MR) is 87.9 cm³/mol. The fraction of sp³-hybridized carbons (Fsp3) is 0.600. The van der Waals surface area contributed by atoms with Gasteiger partial charge in [-0.15, -0.1) is 0 Å². The van der Waals surface area contributed by atoms with Gasteiger partial charge in [0.25, 0.3) is 5.69 Å². The van der Waals surface area contributed by atoms with E-state index in [0.29, 0.717) is 6.54 Å². The van der Waals surface area contributed by atoms with E-state index in [4.69, 9.17) is 0 Å². The van der Waals surface area contributed by atoms with Gasteiger partial charge in [0.05, 0.1) is 9.82 Å². The minimum atomic E-state index is -3.76. The van der Waals surface area contributed by atoms with Gasteiger partial charge >= 0.3 is 0 Å². The van der Waals surface area contributed by atoms with Gasteiger partial charge in [0.2, 0.25) is 10.0 Å². The van der Waals surface area contributed by atoms with Crippen LogP contribution in [0.1, 0.15) is 31.7 Å². The van der Waals surface area contributed by atoms with E-state index in [-0.39, 0.29) is 22.2 Å². The lowest BCUT2D eigenvalue weighted by Crippen LogP contribution is -2.42. The van der Waals surface area contributed by atoms with Crippen molar-refractivity contribution in [2.24, 2.45) is 0 Å². The molecule has 0 saturated carbocycles. The van der Waals surface area contributed by atoms with Gasteiger partial charge in [0.15, 0.2) is 0 Å². The first kappa shape index (κ1) is 17.8. The van der Waals surface area contributed by atoms with E-state index in [1.807, 2.05) is 6.92 Å². The van der Waals surface area contributed by atoms with Gasteiger partial charge in [-0.2, -0.15) is 0 Å². The van der Waals surface area contributed by atoms with E-state index in [1.165, 1.54) is 25.1 Å². The van der Waals surface area contributed by atoms with Crippen molar-refractivity contribution in [3.63, 3.8) is 0 Å². The largest absolute Gasteiger partial charge is 0.299 e. The molecule has 1 N–H and O–H groups in total. The van der Waals surface area contributed by atoms with E-state index in [9.17, 15) is 18.5 Å². The molecular formula is C15H23N3O4S. The molecule has 128 valence electrons. The summed E-state index contributed by atoms with van der Waals surface area (Å²) in [5.41, 5.74) is -0.0151. The normalized spacial score (nSPS) is 17.3. The zero-order chi connectivity index (χ0) is 17.0. The van der Waals surface area contributed by atoms with E-state index in [1.54, 1.807) is 0 Å². The Balaban J connectivity index is 2.15. The molecule has 1 saturated heterocycles. The van der Waals surface area contributed by atoms with E-state index in [0.717, 1.165) is 32.4 Å². The van der Waals surface area contributed by atoms with Gasteiger partial charge in [0.1, 0.15) is 0 Å². The molecule has 8 heteroatoms. The van der Waals surface area contributed by atoms with Gasteiger partial charge in [-0.1, -0.05) is 13.0 Å². The average Bonchev–Trinajstić information content (AvgIpc) is 3.01. The van der Waals surface area contributed by atoms with Crippen LogP contribution in [0.5, 0.6) is 0 Å². The van der Waals surface area contributed by atoms with Gasteiger partial charge in [-0.25, -0.2) is 13.1 Å². The molecule has 1 atom stereocenters. The molecule has 0 unspecified atom stereocenters. The maximum atomic E-state index is 12.5. The molecule has 0 spiro atoms. The second-order valence-corrected chi connectivity index (χ2v) is 7.55. The highest BCUT2D eigenvalue weighted by atomic mass is 32.2. The van der Waals surface area contributed by atoms with Crippen molar-refractivity contribution in [3.8, 4) is 0 Å². The standard InChI is InChI=1S/C15H23N3O4S/c1-3-13(17-9-4-5-10-17)11-16-23(21,22)15-8-6-7-14(12(15)2)18(19)20/h6-8,13,16H,3-5,9-11H2,1-2H3/t13-/m0/s1. The summed E-state index contributed by atoms with van der Waals surface area (Å²) >= 11 is 0. The van der Waals surface area contributed by atoms with E-state index < -0.39 is 14.9 Å². The van der Waals surface area contributed by atoms with Crippen LogP contribution in [0.2, 0.25) is 0 Å². The molecule has 2 rings (SSSR count). The first-order valence-electron chi connectivity index (χ1n) is 7.84. The number of hydrogen-bond donors (Lipinski definition) is 1. The minimum absolute atomic E-state index is 0.0250. The Bertz CT molecular complexity index is 669. The zero-order valence-electron chi connectivity index (χ0n) is 13.5. The molecule has 0 bridgehead atoms. The first-order valence-corrected chi connectivity index (χ1v) is 9.33. The molecule has 1 heterocycles. The van der Waals surface area contributed by atoms with Crippen molar-refractivity contribution >= 4 is 15.7 Å². The number of sulfonamides is 1. The third-order valence-corrected chi connectivity index (χ3v) is 5.95. The van der Waals surface area contributed by atoms with Crippen LogP contribution in [0.15, 0.2) is 23.1 Å². The number of rotatable bonds is 7. The molecule has 1 fully saturated rings. The molecule has 1 aromatic rings. The molecule has 0 radical (unpaired) electrons. The fourth-order valence-corrected chi connectivity index (χ4v) is 4.35. The smallest absolute Gasteiger partial charge is 0.273 e. The summed E-state index contributed by atoms with van der Waals surface area (Å²) in [5.74, 6) is 0. The van der Waals surface area contributed by atoms with Crippen molar-refractivity contribution in [2.45, 2.75) is 44.0 Å². The lowest BCUT2D eigenvalue weighted by atomic mass is 10.2. The Morgan fingerprint density at radius 2 is 2.00 bits per heavy atom. The van der Waals surface area contributed by atoms with Crippen LogP contribution in [0.3, 0.4) is 0 Å². The Kier molecular flexibility index (Phi) is 5.72. The van der Waals surface area contributed by atoms with Gasteiger partial charge in [-0.3, -0.25) is 15.0 Å². The van der Waals surface area contributed by atoms with Crippen LogP contribution in [0.4, 0.5) is 5.69 Å². The molecule has 1 aliphatic rings. The Hall–Kier alpha value is -1.51. The SMILES string of the molecule is CC[C@@H](CNS(=O)(=O)c1cccc([N+](=O)[O-])c1C)N1CCCC1. The zero-order valence-corrected chi connectivity index (χ0v) is 14.3. The maximum absolute atomic E-state index is 12.5. The molecule has 0 aromatic heterocycles. The lowest BCUT2D eigenvalue weighted by Gasteiger charge is -2.26. The third-order valence-electron chi connectivity index (χ3n) is 4.38. The Labute approximate surface area is 136 Å². The van der Waals surface area contributed by atoms with Crippen LogP contribution in [-0.2, 0) is 10.0 Å². The molecule has 0 aliphatic carbocycles. The summed E-state index contributed by atoms with van der Waals surface area (Å²) in [6.07, 6.45) is 3.15. The van der Waals surface area contributed by atoms with Crippen LogP contribution < -0.4 is 4.72 Å². The number of likely N-dealkylation sites (tertiary alicyclic amines) is 1. The summed E-state index contributed by atoms with van der Waals surface area (Å²) in [7, 11) is -3.76. The van der Waals surface area contributed by atoms with Crippen molar-refractivity contribution in [3.05, 3.63) is 33.9 Å². The quantitative estimate of drug-likeness (QED) is 0.605. The summed E-state index contributed by atoms with van der Waals surface area (Å²) in [4.78, 5) is 12.7. The fourth-order valence-electron chi connectivity index (χ4n) is 3.01. The predicted octanol–water partition coefficient (Wildman–Crippen LogP) is 2.06. The van der Waals surface area contributed by atoms with Crippen LogP contribution >= 0.6 is 0 Å². The van der Waals surface area contributed by atoms with E-state index >= 15 is 0 Å². The first-order chi connectivity index (χ1) is 10.9. The Morgan fingerprint density at radius 1 is 1.35 bits per heavy atom. The molecule has 1 aromatic carbocycles. The summed E-state index contributed by atoms with van der Waals surface area (Å²) < 4.78 is 27.6. The molecule has 0 amide bonds. The molecular weight excluding hydrogens is 318 g/mol. The number of nitro groups is 1. The monoisotopic (exact) mass is 341 g/mol. The lowest BCUT2D eigenvalue weighted by molar-refractivity contribution is -0.385. The second kappa shape index (κ2) is 7.37. The highest BCUT2D eigenvalue weighted by molar-refractivity contribution is 7.89. The number of benzene rings is 1. The van der Waals surface area contributed by atoms with Crippen LogP contribution in [0.25, 0.3) is 0 Å². The molecule has 1 aliphatic heterocycles. The van der Waals surface area contributed by atoms with Gasteiger partial charge in [-0.05, 0) is 45.3 Å². The van der Waals surface area contributed by atoms with Gasteiger partial charge in [0, 0.05) is 24.2 Å². The third kappa shape index (κ3) is 4.07.